The van der Waals surface area contributed by atoms with E-state index in [0.717, 1.165) is 34.9 Å². The van der Waals surface area contributed by atoms with Crippen LogP contribution in [-0.2, 0) is 6.54 Å². The third-order valence-corrected chi connectivity index (χ3v) is 3.37. The first-order chi connectivity index (χ1) is 9.56. The lowest BCUT2D eigenvalue weighted by Crippen LogP contribution is -2.21. The Labute approximate surface area is 119 Å². The number of halogens is 1. The van der Waals surface area contributed by atoms with Crippen molar-refractivity contribution in [2.75, 3.05) is 11.4 Å². The normalized spacial score (nSPS) is 10.7. The molecular formula is C16H20FN3. The monoisotopic (exact) mass is 273 g/mol. The molecule has 0 unspecified atom stereocenters. The molecule has 0 saturated heterocycles. The maximum absolute atomic E-state index is 13.1. The molecule has 1 aromatic carbocycles. The fourth-order valence-electron chi connectivity index (χ4n) is 2.39. The van der Waals surface area contributed by atoms with Crippen molar-refractivity contribution in [1.29, 1.82) is 0 Å². The Balaban J connectivity index is 2.54. The van der Waals surface area contributed by atoms with E-state index in [9.17, 15) is 4.39 Å². The van der Waals surface area contributed by atoms with Crippen molar-refractivity contribution in [2.45, 2.75) is 27.3 Å². The molecule has 0 atom stereocenters. The van der Waals surface area contributed by atoms with Crippen LogP contribution in [0.15, 0.2) is 30.3 Å². The number of rotatable bonds is 4. The fraction of sp³-hybridized carbons (Fsp3) is 0.312. The van der Waals surface area contributed by atoms with Crippen molar-refractivity contribution in [3.63, 3.8) is 0 Å². The van der Waals surface area contributed by atoms with Gasteiger partial charge in [-0.2, -0.15) is 0 Å². The summed E-state index contributed by atoms with van der Waals surface area (Å²) in [5, 5.41) is 0. The van der Waals surface area contributed by atoms with E-state index in [0.29, 0.717) is 6.54 Å². The van der Waals surface area contributed by atoms with Gasteiger partial charge in [-0.1, -0.05) is 0 Å². The van der Waals surface area contributed by atoms with Crippen molar-refractivity contribution < 1.29 is 4.39 Å². The number of pyridine rings is 1. The number of aryl methyl sites for hydroxylation is 2. The predicted molar refractivity (Wildman–Crippen MR) is 80.7 cm³/mol. The lowest BCUT2D eigenvalue weighted by molar-refractivity contribution is 0.627. The van der Waals surface area contributed by atoms with Crippen molar-refractivity contribution >= 4 is 11.5 Å². The summed E-state index contributed by atoms with van der Waals surface area (Å²) in [4.78, 5) is 6.68. The van der Waals surface area contributed by atoms with Crippen LogP contribution >= 0.6 is 0 Å². The largest absolute Gasteiger partial charge is 0.326 e. The highest BCUT2D eigenvalue weighted by Gasteiger charge is 2.15. The van der Waals surface area contributed by atoms with Crippen LogP contribution in [0.1, 0.15) is 23.7 Å². The average molecular weight is 273 g/mol. The van der Waals surface area contributed by atoms with Crippen LogP contribution in [0.3, 0.4) is 0 Å². The van der Waals surface area contributed by atoms with E-state index in [4.69, 9.17) is 5.73 Å². The first-order valence-electron chi connectivity index (χ1n) is 6.77. The average Bonchev–Trinajstić information content (AvgIpc) is 2.41. The SMILES string of the molecule is CCN(c1ccc(F)cc1)c1nc(C)cc(C)c1CN. The van der Waals surface area contributed by atoms with E-state index in [1.54, 1.807) is 12.1 Å². The molecule has 20 heavy (non-hydrogen) atoms. The first-order valence-corrected chi connectivity index (χ1v) is 6.77. The molecule has 0 radical (unpaired) electrons. The number of anilines is 2. The third kappa shape index (κ3) is 2.80. The van der Waals surface area contributed by atoms with Gasteiger partial charge in [0.15, 0.2) is 0 Å². The molecule has 1 heterocycles. The van der Waals surface area contributed by atoms with Gasteiger partial charge in [-0.05, 0) is 56.7 Å². The van der Waals surface area contributed by atoms with E-state index in [2.05, 4.69) is 9.88 Å². The van der Waals surface area contributed by atoms with E-state index in [1.165, 1.54) is 12.1 Å². The minimum atomic E-state index is -0.239. The highest BCUT2D eigenvalue weighted by Crippen LogP contribution is 2.29. The Morgan fingerprint density at radius 3 is 2.40 bits per heavy atom. The van der Waals surface area contributed by atoms with Gasteiger partial charge in [0.2, 0.25) is 0 Å². The summed E-state index contributed by atoms with van der Waals surface area (Å²) in [6.45, 7) is 7.23. The summed E-state index contributed by atoms with van der Waals surface area (Å²) in [5.74, 6) is 0.622. The molecule has 0 amide bonds. The van der Waals surface area contributed by atoms with Gasteiger partial charge in [-0.3, -0.25) is 0 Å². The molecule has 0 fully saturated rings. The standard InChI is InChI=1S/C16H20FN3/c1-4-20(14-7-5-13(17)6-8-14)16-15(10-18)11(2)9-12(3)19-16/h5-9H,4,10,18H2,1-3H3. The summed E-state index contributed by atoms with van der Waals surface area (Å²) >= 11 is 0. The van der Waals surface area contributed by atoms with Gasteiger partial charge in [-0.15, -0.1) is 0 Å². The molecule has 0 aliphatic carbocycles. The quantitative estimate of drug-likeness (QED) is 0.927. The molecule has 0 saturated carbocycles. The molecule has 0 aliphatic heterocycles. The van der Waals surface area contributed by atoms with Gasteiger partial charge < -0.3 is 10.6 Å². The van der Waals surface area contributed by atoms with Crippen LogP contribution in [0.2, 0.25) is 0 Å². The lowest BCUT2D eigenvalue weighted by Gasteiger charge is -2.25. The van der Waals surface area contributed by atoms with E-state index >= 15 is 0 Å². The smallest absolute Gasteiger partial charge is 0.138 e. The summed E-state index contributed by atoms with van der Waals surface area (Å²) in [6.07, 6.45) is 0. The van der Waals surface area contributed by atoms with Gasteiger partial charge in [0.1, 0.15) is 11.6 Å². The van der Waals surface area contributed by atoms with Crippen molar-refractivity contribution in [3.05, 3.63) is 53.0 Å². The Bertz CT molecular complexity index is 593. The van der Waals surface area contributed by atoms with Gasteiger partial charge in [0.25, 0.3) is 0 Å². The second-order valence-corrected chi connectivity index (χ2v) is 4.81. The van der Waals surface area contributed by atoms with Gasteiger partial charge in [-0.25, -0.2) is 9.37 Å². The topological polar surface area (TPSA) is 42.2 Å². The molecular weight excluding hydrogens is 253 g/mol. The van der Waals surface area contributed by atoms with Crippen molar-refractivity contribution in [3.8, 4) is 0 Å². The molecule has 2 aromatic rings. The molecule has 2 rings (SSSR count). The summed E-state index contributed by atoms with van der Waals surface area (Å²) < 4.78 is 13.1. The highest BCUT2D eigenvalue weighted by molar-refractivity contribution is 5.64. The van der Waals surface area contributed by atoms with Crippen molar-refractivity contribution in [1.82, 2.24) is 4.98 Å². The predicted octanol–water partition coefficient (Wildman–Crippen LogP) is 3.45. The van der Waals surface area contributed by atoms with Crippen LogP contribution in [-0.4, -0.2) is 11.5 Å². The summed E-state index contributed by atoms with van der Waals surface area (Å²) in [6, 6.07) is 8.48. The molecule has 4 heteroatoms. The van der Waals surface area contributed by atoms with Crippen molar-refractivity contribution in [2.24, 2.45) is 5.73 Å². The summed E-state index contributed by atoms with van der Waals surface area (Å²) in [5.41, 5.74) is 9.91. The Hall–Kier alpha value is -1.94. The maximum atomic E-state index is 13.1. The van der Waals surface area contributed by atoms with Crippen LogP contribution in [0.25, 0.3) is 0 Å². The zero-order valence-corrected chi connectivity index (χ0v) is 12.2. The Morgan fingerprint density at radius 1 is 1.20 bits per heavy atom. The molecule has 106 valence electrons. The van der Waals surface area contributed by atoms with Crippen LogP contribution in [0, 0.1) is 19.7 Å². The lowest BCUT2D eigenvalue weighted by atomic mass is 10.1. The number of hydrogen-bond donors (Lipinski definition) is 1. The fourth-order valence-corrected chi connectivity index (χ4v) is 2.39. The Morgan fingerprint density at radius 2 is 1.85 bits per heavy atom. The molecule has 1 aromatic heterocycles. The van der Waals surface area contributed by atoms with Crippen LogP contribution in [0.5, 0.6) is 0 Å². The van der Waals surface area contributed by atoms with Gasteiger partial charge in [0, 0.05) is 30.0 Å². The zero-order valence-electron chi connectivity index (χ0n) is 12.2. The van der Waals surface area contributed by atoms with Crippen LogP contribution in [0.4, 0.5) is 15.9 Å². The number of nitrogens with two attached hydrogens (primary N) is 1. The van der Waals surface area contributed by atoms with E-state index < -0.39 is 0 Å². The minimum absolute atomic E-state index is 0.239. The first kappa shape index (κ1) is 14.5. The maximum Gasteiger partial charge on any atom is 0.138 e. The second-order valence-electron chi connectivity index (χ2n) is 4.81. The second kappa shape index (κ2) is 6.01. The Kier molecular flexibility index (Phi) is 4.35. The van der Waals surface area contributed by atoms with Gasteiger partial charge >= 0.3 is 0 Å². The zero-order chi connectivity index (χ0) is 14.7. The molecule has 3 nitrogen and oxygen atoms in total. The third-order valence-electron chi connectivity index (χ3n) is 3.37. The molecule has 0 spiro atoms. The van der Waals surface area contributed by atoms with Gasteiger partial charge in [0.05, 0.1) is 0 Å². The minimum Gasteiger partial charge on any atom is -0.326 e. The number of hydrogen-bond acceptors (Lipinski definition) is 3. The number of aromatic nitrogens is 1. The highest BCUT2D eigenvalue weighted by atomic mass is 19.1. The van der Waals surface area contributed by atoms with E-state index in [-0.39, 0.29) is 5.82 Å². The van der Waals surface area contributed by atoms with Crippen LogP contribution < -0.4 is 10.6 Å². The number of benzene rings is 1. The van der Waals surface area contributed by atoms with E-state index in [1.807, 2.05) is 26.8 Å². The number of nitrogens with zero attached hydrogens (tertiary/aromatic N) is 2. The summed E-state index contributed by atoms with van der Waals surface area (Å²) in [7, 11) is 0. The molecule has 0 aliphatic rings. The molecule has 2 N–H and O–H groups in total. The molecule has 0 bridgehead atoms.